The molecule has 0 saturated heterocycles. The Kier molecular flexibility index (Phi) is 3.32. The summed E-state index contributed by atoms with van der Waals surface area (Å²) in [7, 11) is 0. The van der Waals surface area contributed by atoms with Crippen molar-refractivity contribution in [2.45, 2.75) is 31.9 Å². The van der Waals surface area contributed by atoms with Gasteiger partial charge in [-0.2, -0.15) is 13.2 Å². The van der Waals surface area contributed by atoms with Gasteiger partial charge in [-0.25, -0.2) is 0 Å². The van der Waals surface area contributed by atoms with E-state index < -0.39 is 11.2 Å². The lowest BCUT2D eigenvalue weighted by molar-refractivity contribution is -0.138. The van der Waals surface area contributed by atoms with Crippen LogP contribution in [0.4, 0.5) is 18.3 Å². The minimum absolute atomic E-state index is 0.253. The van der Waals surface area contributed by atoms with Gasteiger partial charge in [0, 0.05) is 6.54 Å². The second-order valence-corrected chi connectivity index (χ2v) is 4.90. The van der Waals surface area contributed by atoms with E-state index in [0.29, 0.717) is 17.9 Å². The first kappa shape index (κ1) is 11.6. The zero-order chi connectivity index (χ0) is 11.6. The Balaban J connectivity index is 1.73. The highest BCUT2D eigenvalue weighted by Crippen LogP contribution is 2.34. The zero-order valence-electron chi connectivity index (χ0n) is 8.55. The van der Waals surface area contributed by atoms with E-state index in [4.69, 9.17) is 0 Å². The smallest absolute Gasteiger partial charge is 0.360 e. The molecule has 1 aromatic rings. The van der Waals surface area contributed by atoms with E-state index in [0.717, 1.165) is 18.8 Å². The zero-order valence-corrected chi connectivity index (χ0v) is 9.37. The third-order valence-corrected chi connectivity index (χ3v) is 3.36. The molecule has 0 spiro atoms. The minimum Gasteiger partial charge on any atom is -0.360 e. The molecular weight excluding hydrogens is 239 g/mol. The molecule has 0 atom stereocenters. The van der Waals surface area contributed by atoms with Crippen LogP contribution >= 0.6 is 11.3 Å². The SMILES string of the molecule is FC(F)(F)c1nnc(NCCCC2CC2)s1. The van der Waals surface area contributed by atoms with Crippen molar-refractivity contribution in [3.63, 3.8) is 0 Å². The normalized spacial score (nSPS) is 16.4. The third kappa shape index (κ3) is 3.33. The van der Waals surface area contributed by atoms with Crippen molar-refractivity contribution in [1.29, 1.82) is 0 Å². The number of nitrogens with one attached hydrogen (secondary N) is 1. The molecule has 1 aliphatic rings. The van der Waals surface area contributed by atoms with Gasteiger partial charge in [0.15, 0.2) is 0 Å². The van der Waals surface area contributed by atoms with E-state index in [1.54, 1.807) is 0 Å². The molecule has 0 aliphatic heterocycles. The van der Waals surface area contributed by atoms with Crippen molar-refractivity contribution in [1.82, 2.24) is 10.2 Å². The summed E-state index contributed by atoms with van der Waals surface area (Å²) < 4.78 is 36.6. The summed E-state index contributed by atoms with van der Waals surface area (Å²) in [5.74, 6) is 0.849. The van der Waals surface area contributed by atoms with Crippen LogP contribution in [0.15, 0.2) is 0 Å². The molecule has 0 bridgehead atoms. The van der Waals surface area contributed by atoms with Crippen molar-refractivity contribution in [2.24, 2.45) is 5.92 Å². The van der Waals surface area contributed by atoms with E-state index in [1.807, 2.05) is 0 Å². The average Bonchev–Trinajstić information content (AvgIpc) is 2.88. The molecular formula is C9H12F3N3S. The molecule has 7 heteroatoms. The number of anilines is 1. The first-order chi connectivity index (χ1) is 7.55. The Bertz CT molecular complexity index is 346. The van der Waals surface area contributed by atoms with Gasteiger partial charge in [-0.3, -0.25) is 0 Å². The van der Waals surface area contributed by atoms with Crippen LogP contribution in [-0.2, 0) is 6.18 Å². The number of aromatic nitrogens is 2. The molecule has 16 heavy (non-hydrogen) atoms. The second kappa shape index (κ2) is 4.57. The van der Waals surface area contributed by atoms with Crippen LogP contribution in [0.25, 0.3) is 0 Å². The molecule has 1 aromatic heterocycles. The predicted octanol–water partition coefficient (Wildman–Crippen LogP) is 3.16. The van der Waals surface area contributed by atoms with Crippen molar-refractivity contribution in [3.05, 3.63) is 5.01 Å². The number of nitrogens with zero attached hydrogens (tertiary/aromatic N) is 2. The van der Waals surface area contributed by atoms with Gasteiger partial charge < -0.3 is 5.32 Å². The first-order valence-corrected chi connectivity index (χ1v) is 6.02. The monoisotopic (exact) mass is 251 g/mol. The van der Waals surface area contributed by atoms with Crippen LogP contribution in [0.2, 0.25) is 0 Å². The first-order valence-electron chi connectivity index (χ1n) is 5.20. The lowest BCUT2D eigenvalue weighted by Crippen LogP contribution is -2.03. The number of hydrogen-bond acceptors (Lipinski definition) is 4. The molecule has 0 unspecified atom stereocenters. The van der Waals surface area contributed by atoms with Crippen LogP contribution in [0.1, 0.15) is 30.7 Å². The van der Waals surface area contributed by atoms with Gasteiger partial charge in [0.25, 0.3) is 0 Å². The van der Waals surface area contributed by atoms with E-state index in [1.165, 1.54) is 12.8 Å². The van der Waals surface area contributed by atoms with Crippen molar-refractivity contribution < 1.29 is 13.2 Å². The maximum Gasteiger partial charge on any atom is 0.445 e. The molecule has 3 nitrogen and oxygen atoms in total. The third-order valence-electron chi connectivity index (χ3n) is 2.43. The fourth-order valence-electron chi connectivity index (χ4n) is 1.40. The second-order valence-electron chi connectivity index (χ2n) is 3.92. The summed E-state index contributed by atoms with van der Waals surface area (Å²) in [6, 6.07) is 0. The topological polar surface area (TPSA) is 37.8 Å². The average molecular weight is 251 g/mol. The lowest BCUT2D eigenvalue weighted by atomic mass is 10.2. The standard InChI is InChI=1S/C9H12F3N3S/c10-9(11,12)7-14-15-8(16-7)13-5-1-2-6-3-4-6/h6H,1-5H2,(H,13,15). The predicted molar refractivity (Wildman–Crippen MR) is 55.4 cm³/mol. The van der Waals surface area contributed by atoms with Crippen LogP contribution in [0.5, 0.6) is 0 Å². The van der Waals surface area contributed by atoms with E-state index in [9.17, 15) is 13.2 Å². The summed E-state index contributed by atoms with van der Waals surface area (Å²) in [6.45, 7) is 0.670. The summed E-state index contributed by atoms with van der Waals surface area (Å²) >= 11 is 0.556. The molecule has 1 N–H and O–H groups in total. The van der Waals surface area contributed by atoms with Crippen molar-refractivity contribution >= 4 is 16.5 Å². The number of halogens is 3. The Morgan fingerprint density at radius 3 is 2.62 bits per heavy atom. The molecule has 1 fully saturated rings. The van der Waals surface area contributed by atoms with Crippen molar-refractivity contribution in [3.8, 4) is 0 Å². The molecule has 90 valence electrons. The molecule has 1 heterocycles. The van der Waals surface area contributed by atoms with Gasteiger partial charge in [-0.15, -0.1) is 10.2 Å². The molecule has 0 amide bonds. The van der Waals surface area contributed by atoms with Crippen LogP contribution in [0, 0.1) is 5.92 Å². The van der Waals surface area contributed by atoms with Gasteiger partial charge in [-0.05, 0) is 18.8 Å². The van der Waals surface area contributed by atoms with Gasteiger partial charge in [0.2, 0.25) is 10.1 Å². The number of rotatable bonds is 5. The molecule has 1 saturated carbocycles. The van der Waals surface area contributed by atoms with Crippen molar-refractivity contribution in [2.75, 3.05) is 11.9 Å². The van der Waals surface area contributed by atoms with E-state index in [2.05, 4.69) is 15.5 Å². The van der Waals surface area contributed by atoms with E-state index >= 15 is 0 Å². The number of alkyl halides is 3. The molecule has 0 aromatic carbocycles. The largest absolute Gasteiger partial charge is 0.445 e. The summed E-state index contributed by atoms with van der Waals surface area (Å²) in [5, 5.41) is 8.77. The van der Waals surface area contributed by atoms with E-state index in [-0.39, 0.29) is 5.13 Å². The van der Waals surface area contributed by atoms with Crippen LogP contribution < -0.4 is 5.32 Å². The Hall–Kier alpha value is -0.850. The molecule has 1 aliphatic carbocycles. The minimum atomic E-state index is -4.38. The van der Waals surface area contributed by atoms with Crippen LogP contribution in [0.3, 0.4) is 0 Å². The Labute approximate surface area is 95.1 Å². The fourth-order valence-corrected chi connectivity index (χ4v) is 2.04. The lowest BCUT2D eigenvalue weighted by Gasteiger charge is -2.00. The Morgan fingerprint density at radius 1 is 1.31 bits per heavy atom. The Morgan fingerprint density at radius 2 is 2.06 bits per heavy atom. The van der Waals surface area contributed by atoms with Gasteiger partial charge in [0.1, 0.15) is 0 Å². The summed E-state index contributed by atoms with van der Waals surface area (Å²) in [6.07, 6.45) is 0.350. The maximum absolute atomic E-state index is 12.2. The highest BCUT2D eigenvalue weighted by atomic mass is 32.1. The molecule has 0 radical (unpaired) electrons. The van der Waals surface area contributed by atoms with Gasteiger partial charge >= 0.3 is 6.18 Å². The summed E-state index contributed by atoms with van der Waals surface area (Å²) in [4.78, 5) is 0. The highest BCUT2D eigenvalue weighted by molar-refractivity contribution is 7.15. The van der Waals surface area contributed by atoms with Gasteiger partial charge in [0.05, 0.1) is 0 Å². The fraction of sp³-hybridized carbons (Fsp3) is 0.778. The van der Waals surface area contributed by atoms with Crippen LogP contribution in [-0.4, -0.2) is 16.7 Å². The highest BCUT2D eigenvalue weighted by Gasteiger charge is 2.35. The molecule has 2 rings (SSSR count). The number of hydrogen-bond donors (Lipinski definition) is 1. The van der Waals surface area contributed by atoms with Gasteiger partial charge in [-0.1, -0.05) is 24.2 Å². The quantitative estimate of drug-likeness (QED) is 0.817. The summed E-state index contributed by atoms with van der Waals surface area (Å²) in [5.41, 5.74) is 0. The maximum atomic E-state index is 12.2.